The van der Waals surface area contributed by atoms with Gasteiger partial charge in [0, 0.05) is 10.6 Å². The van der Waals surface area contributed by atoms with Crippen molar-refractivity contribution in [3.8, 4) is 0 Å². The van der Waals surface area contributed by atoms with E-state index in [9.17, 15) is 13.2 Å². The molecule has 1 rings (SSSR count). The molecule has 0 saturated heterocycles. The van der Waals surface area contributed by atoms with E-state index in [1.165, 1.54) is 19.1 Å². The maximum absolute atomic E-state index is 12.7. The highest BCUT2D eigenvalue weighted by molar-refractivity contribution is 6.31. The van der Waals surface area contributed by atoms with Gasteiger partial charge in [0.2, 0.25) is 0 Å². The van der Waals surface area contributed by atoms with Gasteiger partial charge in [-0.2, -0.15) is 13.2 Å². The molecule has 2 nitrogen and oxygen atoms in total. The van der Waals surface area contributed by atoms with Crippen molar-refractivity contribution in [2.24, 2.45) is 5.73 Å². The summed E-state index contributed by atoms with van der Waals surface area (Å²) in [4.78, 5) is 0. The predicted octanol–water partition coefficient (Wildman–Crippen LogP) is 2.53. The molecule has 16 heavy (non-hydrogen) atoms. The molecule has 0 fully saturated rings. The van der Waals surface area contributed by atoms with Crippen molar-refractivity contribution in [3.05, 3.63) is 34.3 Å². The van der Waals surface area contributed by atoms with Crippen LogP contribution in [0.4, 0.5) is 13.2 Å². The van der Waals surface area contributed by atoms with E-state index in [0.29, 0.717) is 0 Å². The minimum Gasteiger partial charge on any atom is -0.394 e. The van der Waals surface area contributed by atoms with Crippen LogP contribution < -0.4 is 5.73 Å². The standard InChI is InChI=1S/C10H11ClF3NO/c1-9(15,5-16)8-6(10(12,13)14)3-2-4-7(8)11/h2-4,16H,5,15H2,1H3. The summed E-state index contributed by atoms with van der Waals surface area (Å²) in [6.07, 6.45) is -4.55. The van der Waals surface area contributed by atoms with Crippen LogP contribution in [0.5, 0.6) is 0 Å². The summed E-state index contributed by atoms with van der Waals surface area (Å²) in [5.74, 6) is 0. The third-order valence-electron chi connectivity index (χ3n) is 2.22. The van der Waals surface area contributed by atoms with E-state index in [-0.39, 0.29) is 10.6 Å². The Bertz CT molecular complexity index is 390. The normalized spacial score (nSPS) is 15.9. The lowest BCUT2D eigenvalue weighted by Gasteiger charge is -2.27. The van der Waals surface area contributed by atoms with Crippen LogP contribution in [0.3, 0.4) is 0 Å². The molecule has 0 aliphatic heterocycles. The van der Waals surface area contributed by atoms with Gasteiger partial charge >= 0.3 is 6.18 Å². The number of benzene rings is 1. The molecule has 0 spiro atoms. The Morgan fingerprint density at radius 2 is 1.94 bits per heavy atom. The fourth-order valence-corrected chi connectivity index (χ4v) is 1.81. The fourth-order valence-electron chi connectivity index (χ4n) is 1.42. The van der Waals surface area contributed by atoms with Crippen molar-refractivity contribution in [2.45, 2.75) is 18.6 Å². The van der Waals surface area contributed by atoms with Crippen molar-refractivity contribution in [3.63, 3.8) is 0 Å². The largest absolute Gasteiger partial charge is 0.416 e. The highest BCUT2D eigenvalue weighted by Crippen LogP contribution is 2.39. The minimum absolute atomic E-state index is 0.103. The third kappa shape index (κ3) is 2.48. The molecular weight excluding hydrogens is 243 g/mol. The second kappa shape index (κ2) is 4.24. The average molecular weight is 254 g/mol. The van der Waals surface area contributed by atoms with Gasteiger partial charge in [0.25, 0.3) is 0 Å². The van der Waals surface area contributed by atoms with Gasteiger partial charge in [0.05, 0.1) is 17.7 Å². The van der Waals surface area contributed by atoms with E-state index in [2.05, 4.69) is 0 Å². The summed E-state index contributed by atoms with van der Waals surface area (Å²) in [6, 6.07) is 3.40. The Morgan fingerprint density at radius 3 is 2.38 bits per heavy atom. The van der Waals surface area contributed by atoms with Gasteiger partial charge in [-0.3, -0.25) is 0 Å². The molecule has 6 heteroatoms. The lowest BCUT2D eigenvalue weighted by atomic mass is 9.89. The van der Waals surface area contributed by atoms with Crippen LogP contribution in [0.2, 0.25) is 5.02 Å². The lowest BCUT2D eigenvalue weighted by molar-refractivity contribution is -0.138. The Kier molecular flexibility index (Phi) is 3.52. The molecule has 1 aromatic carbocycles. The van der Waals surface area contributed by atoms with Crippen LogP contribution in [-0.4, -0.2) is 11.7 Å². The van der Waals surface area contributed by atoms with E-state index < -0.39 is 23.9 Å². The number of hydrogen-bond donors (Lipinski definition) is 2. The number of aliphatic hydroxyl groups is 1. The van der Waals surface area contributed by atoms with E-state index >= 15 is 0 Å². The van der Waals surface area contributed by atoms with Gasteiger partial charge in [-0.1, -0.05) is 17.7 Å². The van der Waals surface area contributed by atoms with Crippen LogP contribution in [0, 0.1) is 0 Å². The SMILES string of the molecule is CC(N)(CO)c1c(Cl)cccc1C(F)(F)F. The van der Waals surface area contributed by atoms with Crippen molar-refractivity contribution in [1.29, 1.82) is 0 Å². The number of hydrogen-bond acceptors (Lipinski definition) is 2. The number of aliphatic hydroxyl groups excluding tert-OH is 1. The first-order valence-corrected chi connectivity index (χ1v) is 4.84. The highest BCUT2D eigenvalue weighted by Gasteiger charge is 2.39. The molecule has 3 N–H and O–H groups in total. The van der Waals surface area contributed by atoms with Gasteiger partial charge in [-0.25, -0.2) is 0 Å². The first-order valence-electron chi connectivity index (χ1n) is 4.46. The number of halogens is 4. The first kappa shape index (κ1) is 13.3. The topological polar surface area (TPSA) is 46.2 Å². The van der Waals surface area contributed by atoms with E-state index in [1.54, 1.807) is 0 Å². The van der Waals surface area contributed by atoms with E-state index in [0.717, 1.165) is 6.07 Å². The summed E-state index contributed by atoms with van der Waals surface area (Å²) in [7, 11) is 0. The van der Waals surface area contributed by atoms with Gasteiger partial charge in [-0.15, -0.1) is 0 Å². The van der Waals surface area contributed by atoms with Gasteiger partial charge in [0.1, 0.15) is 0 Å². The van der Waals surface area contributed by atoms with Crippen LogP contribution in [-0.2, 0) is 11.7 Å². The zero-order valence-electron chi connectivity index (χ0n) is 8.48. The molecule has 0 bridgehead atoms. The molecule has 0 aromatic heterocycles. The Labute approximate surface area is 95.8 Å². The smallest absolute Gasteiger partial charge is 0.394 e. The summed E-state index contributed by atoms with van der Waals surface area (Å²) in [5, 5.41) is 8.91. The van der Waals surface area contributed by atoms with Crippen molar-refractivity contribution in [1.82, 2.24) is 0 Å². The van der Waals surface area contributed by atoms with Gasteiger partial charge in [-0.05, 0) is 19.1 Å². The van der Waals surface area contributed by atoms with Crippen LogP contribution >= 0.6 is 11.6 Å². The monoisotopic (exact) mass is 253 g/mol. The quantitative estimate of drug-likeness (QED) is 0.851. The van der Waals surface area contributed by atoms with Crippen LogP contribution in [0.1, 0.15) is 18.1 Å². The Balaban J connectivity index is 3.48. The van der Waals surface area contributed by atoms with Crippen LogP contribution in [0.15, 0.2) is 18.2 Å². The second-order valence-corrected chi connectivity index (χ2v) is 4.14. The minimum atomic E-state index is -4.55. The second-order valence-electron chi connectivity index (χ2n) is 3.74. The van der Waals surface area contributed by atoms with Gasteiger partial charge < -0.3 is 10.8 Å². The van der Waals surface area contributed by atoms with Crippen molar-refractivity contribution in [2.75, 3.05) is 6.61 Å². The van der Waals surface area contributed by atoms with Crippen LogP contribution in [0.25, 0.3) is 0 Å². The molecule has 90 valence electrons. The molecule has 0 saturated carbocycles. The Morgan fingerprint density at radius 1 is 1.38 bits per heavy atom. The molecule has 0 heterocycles. The molecular formula is C10H11ClF3NO. The predicted molar refractivity (Wildman–Crippen MR) is 55.1 cm³/mol. The first-order chi connectivity index (χ1) is 7.20. The summed E-state index contributed by atoms with van der Waals surface area (Å²) in [5.41, 5.74) is 2.87. The summed E-state index contributed by atoms with van der Waals surface area (Å²) < 4.78 is 38.1. The highest BCUT2D eigenvalue weighted by atomic mass is 35.5. The van der Waals surface area contributed by atoms with Gasteiger partial charge in [0.15, 0.2) is 0 Å². The zero-order chi connectivity index (χ0) is 12.6. The Hall–Kier alpha value is -0.780. The van der Waals surface area contributed by atoms with Crippen molar-refractivity contribution < 1.29 is 18.3 Å². The molecule has 0 aliphatic rings. The molecule has 1 unspecified atom stereocenters. The number of rotatable bonds is 2. The lowest BCUT2D eigenvalue weighted by Crippen LogP contribution is -2.39. The maximum atomic E-state index is 12.7. The summed E-state index contributed by atoms with van der Waals surface area (Å²) >= 11 is 5.71. The molecule has 1 atom stereocenters. The maximum Gasteiger partial charge on any atom is 0.416 e. The van der Waals surface area contributed by atoms with E-state index in [4.69, 9.17) is 22.4 Å². The molecule has 0 amide bonds. The number of nitrogens with two attached hydrogens (primary N) is 1. The average Bonchev–Trinajstić information content (AvgIpc) is 2.15. The third-order valence-corrected chi connectivity index (χ3v) is 2.53. The molecule has 0 radical (unpaired) electrons. The molecule has 0 aliphatic carbocycles. The fraction of sp³-hybridized carbons (Fsp3) is 0.400. The van der Waals surface area contributed by atoms with Crippen molar-refractivity contribution >= 4 is 11.6 Å². The zero-order valence-corrected chi connectivity index (χ0v) is 9.23. The molecule has 1 aromatic rings. The number of alkyl halides is 3. The van der Waals surface area contributed by atoms with E-state index in [1.807, 2.05) is 0 Å². The summed E-state index contributed by atoms with van der Waals surface area (Å²) in [6.45, 7) is 0.670.